The molecule has 1 heterocycles. The molecule has 2 aliphatic rings. The molecule has 1 saturated heterocycles. The molecule has 2 amide bonds. The summed E-state index contributed by atoms with van der Waals surface area (Å²) >= 11 is 0. The van der Waals surface area contributed by atoms with E-state index in [1.807, 2.05) is 65.6 Å². The van der Waals surface area contributed by atoms with Crippen LogP contribution in [0.25, 0.3) is 0 Å². The number of hydrogen-bond acceptors (Lipinski definition) is 5. The molecule has 49 heavy (non-hydrogen) atoms. The second kappa shape index (κ2) is 18.9. The van der Waals surface area contributed by atoms with Gasteiger partial charge >= 0.3 is 0 Å². The van der Waals surface area contributed by atoms with Gasteiger partial charge in [-0.1, -0.05) is 106 Å². The highest BCUT2D eigenvalue weighted by Crippen LogP contribution is 2.26. The van der Waals surface area contributed by atoms with Crippen LogP contribution in [0.4, 0.5) is 0 Å². The van der Waals surface area contributed by atoms with Crippen molar-refractivity contribution in [3.05, 3.63) is 102 Å². The standard InChI is InChI=1S/C42H58N4O3/c1-32(2)27-40(45(3)29-34-13-7-4-8-14-34)41(47)44-39(28-33-19-21-38(22-20-33)49-31-36-17-11-6-12-18-36)42(48)46(37-23-25-43-26-24-37)30-35-15-9-5-10-16-35/h5-6,9-12,15-22,32,34,37,39-40,43H,4,7-8,13-14,23-31H2,1-3H3,(H,44,47)/t39-,40-/m0/s1. The van der Waals surface area contributed by atoms with Gasteiger partial charge in [-0.3, -0.25) is 14.5 Å². The lowest BCUT2D eigenvalue weighted by Crippen LogP contribution is -2.57. The lowest BCUT2D eigenvalue weighted by molar-refractivity contribution is -0.140. The van der Waals surface area contributed by atoms with Gasteiger partial charge in [-0.2, -0.15) is 0 Å². The third kappa shape index (κ3) is 11.4. The van der Waals surface area contributed by atoms with Gasteiger partial charge in [-0.05, 0) is 92.9 Å². The van der Waals surface area contributed by atoms with Gasteiger partial charge in [0.05, 0.1) is 6.04 Å². The molecule has 1 aliphatic carbocycles. The second-order valence-electron chi connectivity index (χ2n) is 14.7. The van der Waals surface area contributed by atoms with Crippen molar-refractivity contribution in [1.29, 1.82) is 0 Å². The Balaban J connectivity index is 1.37. The molecule has 5 rings (SSSR count). The highest BCUT2D eigenvalue weighted by molar-refractivity contribution is 5.90. The molecule has 0 spiro atoms. The number of amides is 2. The van der Waals surface area contributed by atoms with Crippen molar-refractivity contribution < 1.29 is 14.3 Å². The second-order valence-corrected chi connectivity index (χ2v) is 14.7. The molecule has 3 aromatic carbocycles. The highest BCUT2D eigenvalue weighted by Gasteiger charge is 2.35. The average Bonchev–Trinajstić information content (AvgIpc) is 3.13. The molecule has 1 aliphatic heterocycles. The van der Waals surface area contributed by atoms with E-state index < -0.39 is 6.04 Å². The largest absolute Gasteiger partial charge is 0.489 e. The summed E-state index contributed by atoms with van der Waals surface area (Å²) in [7, 11) is 2.10. The molecule has 0 radical (unpaired) electrons. The lowest BCUT2D eigenvalue weighted by Gasteiger charge is -2.38. The Morgan fingerprint density at radius 1 is 0.816 bits per heavy atom. The van der Waals surface area contributed by atoms with Crippen LogP contribution in [0.3, 0.4) is 0 Å². The molecule has 264 valence electrons. The third-order valence-corrected chi connectivity index (χ3v) is 10.3. The summed E-state index contributed by atoms with van der Waals surface area (Å²) in [6, 6.07) is 27.5. The number of rotatable bonds is 16. The molecule has 0 aromatic heterocycles. The lowest BCUT2D eigenvalue weighted by atomic mass is 9.88. The van der Waals surface area contributed by atoms with E-state index in [-0.39, 0.29) is 23.9 Å². The van der Waals surface area contributed by atoms with Crippen molar-refractivity contribution in [2.75, 3.05) is 26.7 Å². The number of carbonyl (C=O) groups excluding carboxylic acids is 2. The predicted molar refractivity (Wildman–Crippen MR) is 198 cm³/mol. The molecule has 3 aromatic rings. The molecule has 2 atom stereocenters. The van der Waals surface area contributed by atoms with Crippen LogP contribution in [0.2, 0.25) is 0 Å². The Labute approximate surface area is 294 Å². The first-order valence-corrected chi connectivity index (χ1v) is 18.7. The van der Waals surface area contributed by atoms with E-state index in [1.54, 1.807) is 0 Å². The van der Waals surface area contributed by atoms with E-state index >= 15 is 0 Å². The predicted octanol–water partition coefficient (Wildman–Crippen LogP) is 7.00. The summed E-state index contributed by atoms with van der Waals surface area (Å²) in [6.45, 7) is 8.06. The Bertz CT molecular complexity index is 1400. The fourth-order valence-electron chi connectivity index (χ4n) is 7.49. The Morgan fingerprint density at radius 2 is 1.45 bits per heavy atom. The summed E-state index contributed by atoms with van der Waals surface area (Å²) in [5, 5.41) is 6.79. The van der Waals surface area contributed by atoms with Crippen LogP contribution in [-0.4, -0.2) is 66.4 Å². The first-order valence-electron chi connectivity index (χ1n) is 18.7. The molecule has 1 saturated carbocycles. The molecule has 0 unspecified atom stereocenters. The molecule has 7 heteroatoms. The quantitative estimate of drug-likeness (QED) is 0.172. The maximum absolute atomic E-state index is 14.8. The zero-order valence-electron chi connectivity index (χ0n) is 30.0. The van der Waals surface area contributed by atoms with E-state index in [0.717, 1.165) is 61.3 Å². The summed E-state index contributed by atoms with van der Waals surface area (Å²) in [6.07, 6.45) is 9.30. The highest BCUT2D eigenvalue weighted by atomic mass is 16.5. The number of nitrogens with one attached hydrogen (secondary N) is 2. The van der Waals surface area contributed by atoms with Gasteiger partial charge in [-0.25, -0.2) is 0 Å². The topological polar surface area (TPSA) is 73.9 Å². The maximum atomic E-state index is 14.8. The van der Waals surface area contributed by atoms with Crippen molar-refractivity contribution in [3.63, 3.8) is 0 Å². The van der Waals surface area contributed by atoms with Gasteiger partial charge in [0.1, 0.15) is 18.4 Å². The van der Waals surface area contributed by atoms with Crippen molar-refractivity contribution in [1.82, 2.24) is 20.4 Å². The first kappa shape index (κ1) is 36.6. The molecule has 2 fully saturated rings. The van der Waals surface area contributed by atoms with E-state index in [0.29, 0.717) is 31.4 Å². The van der Waals surface area contributed by atoms with Crippen molar-refractivity contribution >= 4 is 11.8 Å². The molecular weight excluding hydrogens is 608 g/mol. The van der Waals surface area contributed by atoms with E-state index in [4.69, 9.17) is 4.74 Å². The molecular formula is C42H58N4O3. The molecule has 0 bridgehead atoms. The van der Waals surface area contributed by atoms with Crippen LogP contribution in [0.1, 0.15) is 81.9 Å². The normalized spacial score (nSPS) is 17.1. The van der Waals surface area contributed by atoms with Gasteiger partial charge in [0.2, 0.25) is 11.8 Å². The average molecular weight is 667 g/mol. The monoisotopic (exact) mass is 666 g/mol. The van der Waals surface area contributed by atoms with Crippen LogP contribution in [-0.2, 0) is 29.2 Å². The van der Waals surface area contributed by atoms with Crippen LogP contribution >= 0.6 is 0 Å². The Kier molecular flexibility index (Phi) is 14.1. The van der Waals surface area contributed by atoms with Gasteiger partial charge in [-0.15, -0.1) is 0 Å². The first-order chi connectivity index (χ1) is 23.9. The van der Waals surface area contributed by atoms with E-state index in [2.05, 4.69) is 60.7 Å². The Morgan fingerprint density at radius 3 is 2.08 bits per heavy atom. The SMILES string of the molecule is CC(C)C[C@@H](C(=O)N[C@@H](Cc1ccc(OCc2ccccc2)cc1)C(=O)N(Cc1ccccc1)C1CCNCC1)N(C)CC1CCCCC1. The van der Waals surface area contributed by atoms with Crippen LogP contribution in [0.15, 0.2) is 84.9 Å². The number of hydrogen-bond donors (Lipinski definition) is 2. The van der Waals surface area contributed by atoms with Crippen molar-refractivity contribution in [2.24, 2.45) is 11.8 Å². The zero-order chi connectivity index (χ0) is 34.4. The van der Waals surface area contributed by atoms with Gasteiger partial charge in [0, 0.05) is 25.6 Å². The van der Waals surface area contributed by atoms with Crippen molar-refractivity contribution in [2.45, 2.75) is 103 Å². The molecule has 2 N–H and O–H groups in total. The third-order valence-electron chi connectivity index (χ3n) is 10.3. The van der Waals surface area contributed by atoms with Crippen LogP contribution in [0, 0.1) is 11.8 Å². The minimum Gasteiger partial charge on any atom is -0.489 e. The van der Waals surface area contributed by atoms with Gasteiger partial charge < -0.3 is 20.3 Å². The summed E-state index contributed by atoms with van der Waals surface area (Å²) < 4.78 is 6.05. The van der Waals surface area contributed by atoms with E-state index in [9.17, 15) is 9.59 Å². The number of nitrogens with zero attached hydrogens (tertiary/aromatic N) is 2. The van der Waals surface area contributed by atoms with Crippen LogP contribution in [0.5, 0.6) is 5.75 Å². The fourth-order valence-corrected chi connectivity index (χ4v) is 7.49. The smallest absolute Gasteiger partial charge is 0.246 e. The zero-order valence-corrected chi connectivity index (χ0v) is 30.0. The summed E-state index contributed by atoms with van der Waals surface area (Å²) in [4.78, 5) is 33.4. The summed E-state index contributed by atoms with van der Waals surface area (Å²) in [5.74, 6) is 1.71. The fraction of sp³-hybridized carbons (Fsp3) is 0.524. The summed E-state index contributed by atoms with van der Waals surface area (Å²) in [5.41, 5.74) is 3.21. The number of carbonyl (C=O) groups is 2. The molecule has 7 nitrogen and oxygen atoms in total. The van der Waals surface area contributed by atoms with Crippen molar-refractivity contribution in [3.8, 4) is 5.75 Å². The number of likely N-dealkylation sites (N-methyl/N-ethyl adjacent to an activating group) is 1. The van der Waals surface area contributed by atoms with Gasteiger partial charge in [0.25, 0.3) is 0 Å². The minimum atomic E-state index is -0.681. The van der Waals surface area contributed by atoms with Gasteiger partial charge in [0.15, 0.2) is 0 Å². The minimum absolute atomic E-state index is 0.00765. The Hall–Kier alpha value is -3.68. The number of piperidine rings is 1. The van der Waals surface area contributed by atoms with E-state index in [1.165, 1.54) is 32.1 Å². The number of ether oxygens (including phenoxy) is 1. The number of benzene rings is 3. The maximum Gasteiger partial charge on any atom is 0.246 e. The van der Waals surface area contributed by atoms with Crippen LogP contribution < -0.4 is 15.4 Å².